The molecule has 2 fully saturated rings. The Morgan fingerprint density at radius 2 is 2.00 bits per heavy atom. The van der Waals surface area contributed by atoms with Crippen LogP contribution in [0.1, 0.15) is 29.8 Å². The van der Waals surface area contributed by atoms with Gasteiger partial charge in [-0.05, 0) is 24.7 Å². The number of aromatic nitrogens is 1. The highest BCUT2D eigenvalue weighted by molar-refractivity contribution is 5.95. The first-order valence-corrected chi connectivity index (χ1v) is 8.21. The molecule has 1 saturated heterocycles. The van der Waals surface area contributed by atoms with Crippen molar-refractivity contribution in [1.29, 1.82) is 0 Å². The maximum absolute atomic E-state index is 12.8. The Morgan fingerprint density at radius 3 is 2.75 bits per heavy atom. The third kappa shape index (κ3) is 2.38. The minimum Gasteiger partial charge on any atom is -0.480 e. The summed E-state index contributed by atoms with van der Waals surface area (Å²) in [5.41, 5.74) is 1.43. The molecular formula is C18H18N2O4. The zero-order valence-corrected chi connectivity index (χ0v) is 13.1. The molecule has 1 N–H and O–H groups in total. The molecule has 3 unspecified atom stereocenters. The minimum atomic E-state index is -0.930. The molecule has 0 radical (unpaired) electrons. The van der Waals surface area contributed by atoms with Gasteiger partial charge in [-0.1, -0.05) is 41.9 Å². The van der Waals surface area contributed by atoms with Crippen molar-refractivity contribution in [2.75, 3.05) is 6.54 Å². The standard InChI is InChI=1S/C18H18N2O4/c21-17(15-9-14(19-24-15)11-5-2-1-3-6-11)20-10-12-7-4-8-13(12)16(20)18(22)23/h1-3,5-6,9,12-13,16H,4,7-8,10H2,(H,22,23). The maximum Gasteiger partial charge on any atom is 0.326 e. The molecule has 1 aliphatic heterocycles. The molecule has 1 aromatic carbocycles. The first kappa shape index (κ1) is 14.9. The van der Waals surface area contributed by atoms with Crippen molar-refractivity contribution < 1.29 is 19.2 Å². The molecular weight excluding hydrogens is 308 g/mol. The van der Waals surface area contributed by atoms with E-state index in [1.165, 1.54) is 4.90 Å². The molecule has 6 nitrogen and oxygen atoms in total. The zero-order chi connectivity index (χ0) is 16.7. The smallest absolute Gasteiger partial charge is 0.326 e. The predicted molar refractivity (Wildman–Crippen MR) is 85.2 cm³/mol. The zero-order valence-electron chi connectivity index (χ0n) is 13.1. The first-order chi connectivity index (χ1) is 11.6. The summed E-state index contributed by atoms with van der Waals surface area (Å²) in [6.45, 7) is 0.488. The Morgan fingerprint density at radius 1 is 1.21 bits per heavy atom. The van der Waals surface area contributed by atoms with E-state index in [-0.39, 0.29) is 23.5 Å². The van der Waals surface area contributed by atoms with Gasteiger partial charge in [0.05, 0.1) is 0 Å². The first-order valence-electron chi connectivity index (χ1n) is 8.21. The number of carbonyl (C=O) groups is 2. The molecule has 2 heterocycles. The fourth-order valence-corrected chi connectivity index (χ4v) is 4.09. The summed E-state index contributed by atoms with van der Waals surface area (Å²) in [7, 11) is 0. The number of hydrogen-bond donors (Lipinski definition) is 1. The summed E-state index contributed by atoms with van der Waals surface area (Å²) >= 11 is 0. The van der Waals surface area contributed by atoms with E-state index in [1.54, 1.807) is 6.07 Å². The van der Waals surface area contributed by atoms with Crippen molar-refractivity contribution in [3.63, 3.8) is 0 Å². The number of carboxylic acids is 1. The fourth-order valence-electron chi connectivity index (χ4n) is 4.09. The summed E-state index contributed by atoms with van der Waals surface area (Å²) in [6, 6.07) is 10.3. The van der Waals surface area contributed by atoms with Crippen molar-refractivity contribution >= 4 is 11.9 Å². The van der Waals surface area contributed by atoms with Gasteiger partial charge in [-0.15, -0.1) is 0 Å². The quantitative estimate of drug-likeness (QED) is 0.937. The van der Waals surface area contributed by atoms with E-state index in [2.05, 4.69) is 5.16 Å². The van der Waals surface area contributed by atoms with Crippen molar-refractivity contribution in [1.82, 2.24) is 10.1 Å². The number of likely N-dealkylation sites (tertiary alicyclic amines) is 1. The lowest BCUT2D eigenvalue weighted by Crippen LogP contribution is -2.43. The Balaban J connectivity index is 1.60. The van der Waals surface area contributed by atoms with E-state index >= 15 is 0 Å². The van der Waals surface area contributed by atoms with Gasteiger partial charge in [0, 0.05) is 18.2 Å². The fraction of sp³-hybridized carbons (Fsp3) is 0.389. The Kier molecular flexibility index (Phi) is 3.59. The second-order valence-electron chi connectivity index (χ2n) is 6.54. The number of hydrogen-bond acceptors (Lipinski definition) is 4. The van der Waals surface area contributed by atoms with Crippen LogP contribution in [-0.4, -0.2) is 39.6 Å². The second kappa shape index (κ2) is 5.78. The Labute approximate surface area is 139 Å². The normalized spacial score (nSPS) is 25.7. The van der Waals surface area contributed by atoms with E-state index in [0.29, 0.717) is 12.2 Å². The van der Waals surface area contributed by atoms with Gasteiger partial charge in [0.25, 0.3) is 5.91 Å². The highest BCUT2D eigenvalue weighted by Gasteiger charge is 2.50. The Bertz CT molecular complexity index is 770. The van der Waals surface area contributed by atoms with Gasteiger partial charge in [-0.25, -0.2) is 4.79 Å². The molecule has 0 spiro atoms. The van der Waals surface area contributed by atoms with Gasteiger partial charge in [0.2, 0.25) is 5.76 Å². The number of benzene rings is 1. The molecule has 1 amide bonds. The molecule has 3 atom stereocenters. The van der Waals surface area contributed by atoms with Gasteiger partial charge in [-0.3, -0.25) is 4.79 Å². The van der Waals surface area contributed by atoms with Crippen LogP contribution in [-0.2, 0) is 4.79 Å². The molecule has 124 valence electrons. The van der Waals surface area contributed by atoms with Crippen LogP contribution in [0.4, 0.5) is 0 Å². The van der Waals surface area contributed by atoms with Crippen LogP contribution in [0.15, 0.2) is 40.9 Å². The van der Waals surface area contributed by atoms with Crippen LogP contribution >= 0.6 is 0 Å². The van der Waals surface area contributed by atoms with E-state index in [0.717, 1.165) is 24.8 Å². The molecule has 6 heteroatoms. The van der Waals surface area contributed by atoms with E-state index in [9.17, 15) is 14.7 Å². The maximum atomic E-state index is 12.8. The lowest BCUT2D eigenvalue weighted by atomic mass is 9.94. The van der Waals surface area contributed by atoms with Crippen LogP contribution in [0.3, 0.4) is 0 Å². The molecule has 1 aliphatic carbocycles. The largest absolute Gasteiger partial charge is 0.480 e. The van der Waals surface area contributed by atoms with Crippen LogP contribution in [0, 0.1) is 11.8 Å². The number of aliphatic carboxylic acids is 1. The number of rotatable bonds is 3. The highest BCUT2D eigenvalue weighted by Crippen LogP contribution is 2.42. The Hall–Kier alpha value is -2.63. The lowest BCUT2D eigenvalue weighted by Gasteiger charge is -2.23. The van der Waals surface area contributed by atoms with Crippen molar-refractivity contribution in [3.05, 3.63) is 42.2 Å². The summed E-state index contributed by atoms with van der Waals surface area (Å²) in [5, 5.41) is 13.5. The molecule has 1 saturated carbocycles. The second-order valence-corrected chi connectivity index (χ2v) is 6.54. The van der Waals surface area contributed by atoms with Gasteiger partial charge in [-0.2, -0.15) is 0 Å². The molecule has 24 heavy (non-hydrogen) atoms. The lowest BCUT2D eigenvalue weighted by molar-refractivity contribution is -0.142. The average molecular weight is 326 g/mol. The topological polar surface area (TPSA) is 83.6 Å². The summed E-state index contributed by atoms with van der Waals surface area (Å²) in [5.74, 6) is -0.873. The number of nitrogens with zero attached hydrogens (tertiary/aromatic N) is 2. The predicted octanol–water partition coefficient (Wildman–Crippen LogP) is 2.67. The monoisotopic (exact) mass is 326 g/mol. The van der Waals surface area contributed by atoms with E-state index in [4.69, 9.17) is 4.52 Å². The third-order valence-electron chi connectivity index (χ3n) is 5.19. The molecule has 1 aromatic heterocycles. The number of carboxylic acid groups (broad SMARTS) is 1. The summed E-state index contributed by atoms with van der Waals surface area (Å²) in [4.78, 5) is 25.9. The van der Waals surface area contributed by atoms with Crippen LogP contribution in [0.2, 0.25) is 0 Å². The van der Waals surface area contributed by atoms with Crippen LogP contribution in [0.5, 0.6) is 0 Å². The van der Waals surface area contributed by atoms with Crippen LogP contribution < -0.4 is 0 Å². The molecule has 0 bridgehead atoms. The van der Waals surface area contributed by atoms with Gasteiger partial charge in [0.15, 0.2) is 0 Å². The minimum absolute atomic E-state index is 0.0583. The van der Waals surface area contributed by atoms with Crippen molar-refractivity contribution in [2.45, 2.75) is 25.3 Å². The van der Waals surface area contributed by atoms with E-state index in [1.807, 2.05) is 30.3 Å². The number of fused-ring (bicyclic) bond motifs is 1. The molecule has 2 aliphatic rings. The highest BCUT2D eigenvalue weighted by atomic mass is 16.5. The van der Waals surface area contributed by atoms with Gasteiger partial charge in [0.1, 0.15) is 11.7 Å². The molecule has 2 aromatic rings. The molecule has 4 rings (SSSR count). The number of amides is 1. The van der Waals surface area contributed by atoms with Gasteiger partial charge < -0.3 is 14.5 Å². The summed E-state index contributed by atoms with van der Waals surface area (Å²) in [6.07, 6.45) is 2.91. The van der Waals surface area contributed by atoms with E-state index < -0.39 is 12.0 Å². The average Bonchev–Trinajstić information content (AvgIpc) is 3.29. The number of carbonyl (C=O) groups excluding carboxylic acids is 1. The third-order valence-corrected chi connectivity index (χ3v) is 5.19. The van der Waals surface area contributed by atoms with Crippen LogP contribution in [0.25, 0.3) is 11.3 Å². The SMILES string of the molecule is O=C(O)C1C2CCCC2CN1C(=O)c1cc(-c2ccccc2)no1. The van der Waals surface area contributed by atoms with Crippen molar-refractivity contribution in [3.8, 4) is 11.3 Å². The van der Waals surface area contributed by atoms with Crippen molar-refractivity contribution in [2.24, 2.45) is 11.8 Å². The van der Waals surface area contributed by atoms with Gasteiger partial charge >= 0.3 is 5.97 Å². The summed E-state index contributed by atoms with van der Waals surface area (Å²) < 4.78 is 5.21.